The van der Waals surface area contributed by atoms with Crippen LogP contribution in [0.4, 0.5) is 11.4 Å². The summed E-state index contributed by atoms with van der Waals surface area (Å²) in [4.78, 5) is 31.6. The minimum atomic E-state index is -0.660. The van der Waals surface area contributed by atoms with Crippen molar-refractivity contribution in [3.05, 3.63) is 89.7 Å². The molecule has 1 unspecified atom stereocenters. The highest BCUT2D eigenvalue weighted by atomic mass is 16.2. The molecule has 2 aromatic carbocycles. The van der Waals surface area contributed by atoms with E-state index in [4.69, 9.17) is 0 Å². The molecule has 1 aliphatic heterocycles. The number of aromatic nitrogens is 1. The van der Waals surface area contributed by atoms with Gasteiger partial charge in [-0.05, 0) is 47.7 Å². The van der Waals surface area contributed by atoms with Crippen LogP contribution < -0.4 is 15.5 Å². The second kappa shape index (κ2) is 9.43. The number of carbonyl (C=O) groups is 2. The molecule has 2 heterocycles. The van der Waals surface area contributed by atoms with Crippen molar-refractivity contribution in [3.63, 3.8) is 0 Å². The van der Waals surface area contributed by atoms with Gasteiger partial charge in [0.15, 0.2) is 0 Å². The van der Waals surface area contributed by atoms with E-state index in [1.54, 1.807) is 6.20 Å². The lowest BCUT2D eigenvalue weighted by Gasteiger charge is -2.30. The molecule has 0 radical (unpaired) electrons. The van der Waals surface area contributed by atoms with Crippen LogP contribution in [0.25, 0.3) is 0 Å². The van der Waals surface area contributed by atoms with Gasteiger partial charge in [0.2, 0.25) is 0 Å². The summed E-state index contributed by atoms with van der Waals surface area (Å²) in [5.41, 5.74) is 5.10. The number of nitrogens with zero attached hydrogens (tertiary/aromatic N) is 2. The molecular weight excluding hydrogens is 388 g/mol. The minimum absolute atomic E-state index is 0.114. The highest BCUT2D eigenvalue weighted by molar-refractivity contribution is 6.39. The molecule has 0 saturated heterocycles. The van der Waals surface area contributed by atoms with Gasteiger partial charge in [0, 0.05) is 36.9 Å². The van der Waals surface area contributed by atoms with Gasteiger partial charge in [-0.2, -0.15) is 0 Å². The normalized spacial score (nSPS) is 13.4. The first kappa shape index (κ1) is 20.6. The van der Waals surface area contributed by atoms with Gasteiger partial charge in [0.1, 0.15) is 0 Å². The Morgan fingerprint density at radius 2 is 1.84 bits per heavy atom. The lowest BCUT2D eigenvalue weighted by atomic mass is 10.1. The molecule has 31 heavy (non-hydrogen) atoms. The number of fused-ring (bicyclic) bond motifs is 1. The van der Waals surface area contributed by atoms with E-state index in [2.05, 4.69) is 32.7 Å². The van der Waals surface area contributed by atoms with Crippen LogP contribution in [0.5, 0.6) is 0 Å². The molecular formula is C25H26N4O2. The van der Waals surface area contributed by atoms with Gasteiger partial charge >= 0.3 is 11.8 Å². The Hall–Kier alpha value is -3.67. The molecule has 4 rings (SSSR count). The summed E-state index contributed by atoms with van der Waals surface area (Å²) in [5.74, 6) is -1.31. The molecule has 3 aromatic rings. The maximum absolute atomic E-state index is 12.6. The predicted octanol–water partition coefficient (Wildman–Crippen LogP) is 3.50. The maximum atomic E-state index is 12.6. The van der Waals surface area contributed by atoms with Gasteiger partial charge < -0.3 is 15.5 Å². The van der Waals surface area contributed by atoms with Gasteiger partial charge in [0.05, 0.1) is 6.04 Å². The summed E-state index contributed by atoms with van der Waals surface area (Å²) in [6, 6.07) is 19.6. The van der Waals surface area contributed by atoms with Crippen LogP contribution in [0.15, 0.2) is 73.1 Å². The molecule has 1 aliphatic rings. The van der Waals surface area contributed by atoms with E-state index >= 15 is 0 Å². The monoisotopic (exact) mass is 414 g/mol. The largest absolute Gasteiger partial charge is 0.362 e. The van der Waals surface area contributed by atoms with Crippen molar-refractivity contribution in [3.8, 4) is 0 Å². The van der Waals surface area contributed by atoms with Crippen LogP contribution in [0, 0.1) is 0 Å². The lowest BCUT2D eigenvalue weighted by molar-refractivity contribution is -0.136. The first-order valence-corrected chi connectivity index (χ1v) is 10.6. The molecule has 0 fully saturated rings. The molecule has 6 nitrogen and oxygen atoms in total. The van der Waals surface area contributed by atoms with Crippen molar-refractivity contribution < 1.29 is 9.59 Å². The molecule has 0 aliphatic carbocycles. The van der Waals surface area contributed by atoms with Crippen LogP contribution in [-0.2, 0) is 22.4 Å². The van der Waals surface area contributed by atoms with Crippen LogP contribution >= 0.6 is 0 Å². The fraction of sp³-hybridized carbons (Fsp3) is 0.240. The SMILES string of the molecule is CCc1ccccc1NC(=O)C(=O)NCC(c1cccnc1)N1CCc2ccccc21. The van der Waals surface area contributed by atoms with E-state index in [-0.39, 0.29) is 6.04 Å². The molecule has 2 N–H and O–H groups in total. The number of hydrogen-bond donors (Lipinski definition) is 2. The highest BCUT2D eigenvalue weighted by Crippen LogP contribution is 2.34. The second-order valence-electron chi connectivity index (χ2n) is 7.55. The number of amides is 2. The third-order valence-electron chi connectivity index (χ3n) is 5.68. The van der Waals surface area contributed by atoms with E-state index in [0.29, 0.717) is 12.2 Å². The van der Waals surface area contributed by atoms with Gasteiger partial charge in [-0.3, -0.25) is 14.6 Å². The zero-order valence-electron chi connectivity index (χ0n) is 17.5. The summed E-state index contributed by atoms with van der Waals surface area (Å²) in [6.07, 6.45) is 5.27. The van der Waals surface area contributed by atoms with E-state index in [9.17, 15) is 9.59 Å². The summed E-state index contributed by atoms with van der Waals surface area (Å²) in [6.45, 7) is 3.17. The van der Waals surface area contributed by atoms with E-state index in [0.717, 1.165) is 36.2 Å². The molecule has 1 atom stereocenters. The highest BCUT2D eigenvalue weighted by Gasteiger charge is 2.28. The van der Waals surface area contributed by atoms with Crippen LogP contribution in [0.1, 0.15) is 29.7 Å². The van der Waals surface area contributed by atoms with Crippen molar-refractivity contribution in [1.82, 2.24) is 10.3 Å². The van der Waals surface area contributed by atoms with Crippen LogP contribution in [-0.4, -0.2) is 29.9 Å². The third-order valence-corrected chi connectivity index (χ3v) is 5.68. The number of nitrogens with one attached hydrogen (secondary N) is 2. The van der Waals surface area contributed by atoms with Gasteiger partial charge in [-0.25, -0.2) is 0 Å². The quantitative estimate of drug-likeness (QED) is 0.606. The lowest BCUT2D eigenvalue weighted by Crippen LogP contribution is -2.42. The molecule has 158 valence electrons. The Bertz CT molecular complexity index is 1070. The van der Waals surface area contributed by atoms with Crippen LogP contribution in [0.2, 0.25) is 0 Å². The fourth-order valence-electron chi connectivity index (χ4n) is 4.07. The summed E-state index contributed by atoms with van der Waals surface area (Å²) in [7, 11) is 0. The number of para-hydroxylation sites is 2. The van der Waals surface area contributed by atoms with E-state index < -0.39 is 11.8 Å². The number of pyridine rings is 1. The summed E-state index contributed by atoms with van der Waals surface area (Å²) >= 11 is 0. The number of anilines is 2. The number of rotatable bonds is 6. The van der Waals surface area contributed by atoms with Crippen molar-refractivity contribution >= 4 is 23.2 Å². The second-order valence-corrected chi connectivity index (χ2v) is 7.55. The third kappa shape index (κ3) is 4.58. The standard InChI is InChI=1S/C25H26N4O2/c1-2-18-8-3-5-11-21(18)28-25(31)24(30)27-17-23(20-10-7-14-26-16-20)29-15-13-19-9-4-6-12-22(19)29/h3-12,14,16,23H,2,13,15,17H2,1H3,(H,27,30)(H,28,31). The van der Waals surface area contributed by atoms with Gasteiger partial charge in [0.25, 0.3) is 0 Å². The zero-order chi connectivity index (χ0) is 21.6. The maximum Gasteiger partial charge on any atom is 0.313 e. The van der Waals surface area contributed by atoms with Crippen molar-refractivity contribution in [2.45, 2.75) is 25.8 Å². The zero-order valence-corrected chi connectivity index (χ0v) is 17.5. The topological polar surface area (TPSA) is 74.3 Å². The molecule has 0 spiro atoms. The summed E-state index contributed by atoms with van der Waals surface area (Å²) < 4.78 is 0. The fourth-order valence-corrected chi connectivity index (χ4v) is 4.07. The van der Waals surface area contributed by atoms with Crippen molar-refractivity contribution in [2.75, 3.05) is 23.3 Å². The Morgan fingerprint density at radius 1 is 1.03 bits per heavy atom. The average Bonchev–Trinajstić information content (AvgIpc) is 3.24. The Labute approximate surface area is 182 Å². The van der Waals surface area contributed by atoms with Gasteiger partial charge in [-0.1, -0.05) is 49.4 Å². The molecule has 6 heteroatoms. The Balaban J connectivity index is 1.48. The summed E-state index contributed by atoms with van der Waals surface area (Å²) in [5, 5.41) is 5.56. The number of aryl methyl sites for hydroxylation is 1. The smallest absolute Gasteiger partial charge is 0.313 e. The van der Waals surface area contributed by atoms with Gasteiger partial charge in [-0.15, -0.1) is 0 Å². The number of hydrogen-bond acceptors (Lipinski definition) is 4. The Morgan fingerprint density at radius 3 is 2.65 bits per heavy atom. The van der Waals surface area contributed by atoms with Crippen molar-refractivity contribution in [1.29, 1.82) is 0 Å². The molecule has 0 saturated carbocycles. The minimum Gasteiger partial charge on any atom is -0.362 e. The Kier molecular flexibility index (Phi) is 6.26. The van der Waals surface area contributed by atoms with Crippen molar-refractivity contribution in [2.24, 2.45) is 0 Å². The van der Waals surface area contributed by atoms with Crippen LogP contribution in [0.3, 0.4) is 0 Å². The number of carbonyl (C=O) groups excluding carboxylic acids is 2. The predicted molar refractivity (Wildman–Crippen MR) is 122 cm³/mol. The average molecular weight is 415 g/mol. The molecule has 2 amide bonds. The molecule has 0 bridgehead atoms. The first-order chi connectivity index (χ1) is 15.2. The van der Waals surface area contributed by atoms with E-state index in [1.807, 2.05) is 61.7 Å². The first-order valence-electron chi connectivity index (χ1n) is 10.6. The number of benzene rings is 2. The molecule has 1 aromatic heterocycles. The van der Waals surface area contributed by atoms with E-state index in [1.165, 1.54) is 5.56 Å².